The fourth-order valence-corrected chi connectivity index (χ4v) is 5.65. The fourth-order valence-electron chi connectivity index (χ4n) is 4.41. The van der Waals surface area contributed by atoms with Crippen LogP contribution in [0.4, 0.5) is 11.5 Å². The van der Waals surface area contributed by atoms with Crippen molar-refractivity contribution in [3.05, 3.63) is 40.5 Å². The van der Waals surface area contributed by atoms with Gasteiger partial charge >= 0.3 is 0 Å². The van der Waals surface area contributed by atoms with Crippen molar-refractivity contribution in [3.63, 3.8) is 0 Å². The van der Waals surface area contributed by atoms with Gasteiger partial charge in [0.15, 0.2) is 5.16 Å². The number of piperazine rings is 1. The molecule has 1 aromatic carbocycles. The Morgan fingerprint density at radius 1 is 1.09 bits per heavy atom. The molecule has 2 aliphatic rings. The molecule has 2 heterocycles. The molecule has 0 radical (unpaired) electrons. The van der Waals surface area contributed by atoms with Gasteiger partial charge in [0.05, 0.1) is 16.5 Å². The van der Waals surface area contributed by atoms with Crippen LogP contribution < -0.4 is 9.80 Å². The van der Waals surface area contributed by atoms with E-state index in [9.17, 15) is 4.79 Å². The predicted molar refractivity (Wildman–Crippen MR) is 133 cm³/mol. The zero-order valence-electron chi connectivity index (χ0n) is 18.3. The first-order valence-electron chi connectivity index (χ1n) is 11.2. The van der Waals surface area contributed by atoms with Gasteiger partial charge in [0.2, 0.25) is 5.91 Å². The normalized spacial score (nSPS) is 17.5. The van der Waals surface area contributed by atoms with Crippen LogP contribution in [0, 0.1) is 0 Å². The molecule has 1 saturated heterocycles. The molecule has 1 saturated carbocycles. The van der Waals surface area contributed by atoms with Gasteiger partial charge in [-0.2, -0.15) is 0 Å². The summed E-state index contributed by atoms with van der Waals surface area (Å²) in [4.78, 5) is 28.2. The molecule has 0 unspecified atom stereocenters. The third kappa shape index (κ3) is 5.80. The van der Waals surface area contributed by atoms with Crippen LogP contribution in [0.3, 0.4) is 0 Å². The number of para-hydroxylation sites is 1. The monoisotopic (exact) mass is 493 g/mol. The van der Waals surface area contributed by atoms with Gasteiger partial charge in [-0.25, -0.2) is 9.97 Å². The van der Waals surface area contributed by atoms with Gasteiger partial charge in [-0.15, -0.1) is 0 Å². The summed E-state index contributed by atoms with van der Waals surface area (Å²) >= 11 is 14.0. The Kier molecular flexibility index (Phi) is 8.02. The minimum atomic E-state index is 0.0968. The van der Waals surface area contributed by atoms with Crippen molar-refractivity contribution >= 4 is 52.4 Å². The van der Waals surface area contributed by atoms with Crippen LogP contribution in [0.2, 0.25) is 10.2 Å². The van der Waals surface area contributed by atoms with E-state index in [2.05, 4.69) is 26.8 Å². The molecule has 4 rings (SSSR count). The quantitative estimate of drug-likeness (QED) is 0.320. The summed E-state index contributed by atoms with van der Waals surface area (Å²) in [6.45, 7) is 2.89. The van der Waals surface area contributed by atoms with Gasteiger partial charge in [0, 0.05) is 45.3 Å². The van der Waals surface area contributed by atoms with Crippen LogP contribution in [0.1, 0.15) is 32.1 Å². The molecule has 0 N–H and O–H groups in total. The number of carbonyl (C=O) groups is 1. The summed E-state index contributed by atoms with van der Waals surface area (Å²) < 4.78 is 0. The van der Waals surface area contributed by atoms with Crippen molar-refractivity contribution in [1.82, 2.24) is 14.9 Å². The lowest BCUT2D eigenvalue weighted by molar-refractivity contribution is -0.128. The topological polar surface area (TPSA) is 52.6 Å². The Morgan fingerprint density at radius 3 is 2.53 bits per heavy atom. The predicted octanol–water partition coefficient (Wildman–Crippen LogP) is 4.99. The van der Waals surface area contributed by atoms with Gasteiger partial charge in [-0.1, -0.05) is 66.4 Å². The lowest BCUT2D eigenvalue weighted by atomic mass is 9.94. The minimum Gasteiger partial charge on any atom is -0.367 e. The van der Waals surface area contributed by atoms with Crippen molar-refractivity contribution in [2.24, 2.45) is 0 Å². The second-order valence-electron chi connectivity index (χ2n) is 8.34. The highest BCUT2D eigenvalue weighted by atomic mass is 35.5. The first-order chi connectivity index (χ1) is 15.5. The van der Waals surface area contributed by atoms with Gasteiger partial charge in [0.25, 0.3) is 0 Å². The molecule has 32 heavy (non-hydrogen) atoms. The number of amides is 1. The molecule has 9 heteroatoms. The lowest BCUT2D eigenvalue weighted by Crippen LogP contribution is -2.49. The first kappa shape index (κ1) is 23.5. The van der Waals surface area contributed by atoms with Crippen LogP contribution in [-0.4, -0.2) is 65.8 Å². The third-order valence-electron chi connectivity index (χ3n) is 6.29. The van der Waals surface area contributed by atoms with Gasteiger partial charge < -0.3 is 14.7 Å². The van der Waals surface area contributed by atoms with E-state index in [0.717, 1.165) is 29.6 Å². The van der Waals surface area contributed by atoms with E-state index >= 15 is 0 Å². The Morgan fingerprint density at radius 2 is 1.81 bits per heavy atom. The smallest absolute Gasteiger partial charge is 0.233 e. The van der Waals surface area contributed by atoms with Crippen molar-refractivity contribution in [2.45, 2.75) is 43.3 Å². The van der Waals surface area contributed by atoms with Crippen molar-refractivity contribution in [2.75, 3.05) is 48.8 Å². The molecule has 1 aromatic heterocycles. The molecule has 1 amide bonds. The van der Waals surface area contributed by atoms with Gasteiger partial charge in [-0.05, 0) is 25.0 Å². The summed E-state index contributed by atoms with van der Waals surface area (Å²) in [5.74, 6) is 1.23. The molecule has 6 nitrogen and oxygen atoms in total. The molecular formula is C23H29Cl2N5OS. The van der Waals surface area contributed by atoms with Crippen LogP contribution >= 0.6 is 35.0 Å². The Bertz CT molecular complexity index is 932. The minimum absolute atomic E-state index is 0.0968. The number of hydrogen-bond donors (Lipinski definition) is 0. The van der Waals surface area contributed by atoms with E-state index in [1.54, 1.807) is 0 Å². The zero-order valence-corrected chi connectivity index (χ0v) is 20.7. The second-order valence-corrected chi connectivity index (χ2v) is 10.1. The molecule has 2 aromatic rings. The standard InChI is InChI=1S/C23H29Cl2N5OS/c1-28(17-7-3-2-4-8-17)21-15-20(25)26-23(27-21)32-16-22(31)30-13-11-29(12-14-30)19-10-6-5-9-18(19)24/h5-6,9-10,15,17H,2-4,7-8,11-14,16H2,1H3. The lowest BCUT2D eigenvalue weighted by Gasteiger charge is -2.36. The van der Waals surface area contributed by atoms with Crippen LogP contribution in [0.15, 0.2) is 35.5 Å². The molecule has 0 bridgehead atoms. The second kappa shape index (κ2) is 10.9. The number of benzene rings is 1. The number of carbonyl (C=O) groups excluding carboxylic acids is 1. The SMILES string of the molecule is CN(c1cc(Cl)nc(SCC(=O)N2CCN(c3ccccc3Cl)CC2)n1)C1CCCCC1. The number of anilines is 2. The van der Waals surface area contributed by atoms with E-state index in [4.69, 9.17) is 23.2 Å². The fraction of sp³-hybridized carbons (Fsp3) is 0.522. The highest BCUT2D eigenvalue weighted by molar-refractivity contribution is 7.99. The Labute approximate surface area is 204 Å². The van der Waals surface area contributed by atoms with Crippen LogP contribution in [-0.2, 0) is 4.79 Å². The Hall–Kier alpha value is -1.70. The van der Waals surface area contributed by atoms with E-state index in [0.29, 0.717) is 35.2 Å². The zero-order chi connectivity index (χ0) is 22.5. The molecule has 0 spiro atoms. The van der Waals surface area contributed by atoms with E-state index < -0.39 is 0 Å². The maximum absolute atomic E-state index is 12.8. The highest BCUT2D eigenvalue weighted by Gasteiger charge is 2.24. The number of rotatable bonds is 6. The highest BCUT2D eigenvalue weighted by Crippen LogP contribution is 2.29. The van der Waals surface area contributed by atoms with Crippen molar-refractivity contribution in [1.29, 1.82) is 0 Å². The summed E-state index contributed by atoms with van der Waals surface area (Å²) in [7, 11) is 2.08. The number of thioether (sulfide) groups is 1. The van der Waals surface area contributed by atoms with E-state index in [1.165, 1.54) is 43.9 Å². The summed E-state index contributed by atoms with van der Waals surface area (Å²) in [6, 6.07) is 10.1. The van der Waals surface area contributed by atoms with Crippen molar-refractivity contribution < 1.29 is 4.79 Å². The van der Waals surface area contributed by atoms with Crippen molar-refractivity contribution in [3.8, 4) is 0 Å². The van der Waals surface area contributed by atoms with E-state index in [-0.39, 0.29) is 5.91 Å². The average Bonchev–Trinajstić information content (AvgIpc) is 2.83. The van der Waals surface area contributed by atoms with Crippen LogP contribution in [0.25, 0.3) is 0 Å². The average molecular weight is 494 g/mol. The van der Waals surface area contributed by atoms with Gasteiger partial charge in [0.1, 0.15) is 11.0 Å². The molecule has 2 fully saturated rings. The summed E-state index contributed by atoms with van der Waals surface area (Å²) in [5.41, 5.74) is 1.03. The number of nitrogens with zero attached hydrogens (tertiary/aromatic N) is 5. The molecular weight excluding hydrogens is 465 g/mol. The third-order valence-corrected chi connectivity index (χ3v) is 7.64. The Balaban J connectivity index is 1.31. The van der Waals surface area contributed by atoms with Crippen LogP contribution in [0.5, 0.6) is 0 Å². The molecule has 172 valence electrons. The number of hydrogen-bond acceptors (Lipinski definition) is 6. The number of aromatic nitrogens is 2. The largest absolute Gasteiger partial charge is 0.367 e. The maximum atomic E-state index is 12.8. The maximum Gasteiger partial charge on any atom is 0.233 e. The molecule has 1 aliphatic heterocycles. The van der Waals surface area contributed by atoms with E-state index in [1.807, 2.05) is 35.2 Å². The molecule has 1 aliphatic carbocycles. The van der Waals surface area contributed by atoms with Gasteiger partial charge in [-0.3, -0.25) is 4.79 Å². The first-order valence-corrected chi connectivity index (χ1v) is 12.9. The summed E-state index contributed by atoms with van der Waals surface area (Å²) in [5, 5.41) is 1.72. The summed E-state index contributed by atoms with van der Waals surface area (Å²) in [6.07, 6.45) is 6.19. The number of halogens is 2. The molecule has 0 atom stereocenters.